The zero-order valence-electron chi connectivity index (χ0n) is 12.3. The molecule has 0 radical (unpaired) electrons. The van der Waals surface area contributed by atoms with Gasteiger partial charge in [-0.15, -0.1) is 0 Å². The largest absolute Gasteiger partial charge is 0.388 e. The number of hydrogen-bond donors (Lipinski definition) is 1. The zero-order chi connectivity index (χ0) is 14.8. The Morgan fingerprint density at radius 1 is 1.33 bits per heavy atom. The molecule has 0 bridgehead atoms. The van der Waals surface area contributed by atoms with E-state index < -0.39 is 6.10 Å². The SMILES string of the molecule is Cc1cc(Br)ccc1C(O)Cc1ccn(C2CCCC2)n1. The summed E-state index contributed by atoms with van der Waals surface area (Å²) in [6.07, 6.45) is 7.21. The quantitative estimate of drug-likeness (QED) is 0.891. The van der Waals surface area contributed by atoms with Gasteiger partial charge in [-0.1, -0.05) is 34.8 Å². The van der Waals surface area contributed by atoms with Crippen LogP contribution in [-0.4, -0.2) is 14.9 Å². The molecule has 3 rings (SSSR count). The molecule has 4 heteroatoms. The number of rotatable bonds is 4. The fourth-order valence-corrected chi connectivity index (χ4v) is 3.66. The molecule has 1 N–H and O–H groups in total. The Morgan fingerprint density at radius 3 is 2.81 bits per heavy atom. The highest BCUT2D eigenvalue weighted by Crippen LogP contribution is 2.29. The Labute approximate surface area is 134 Å². The van der Waals surface area contributed by atoms with Crippen molar-refractivity contribution >= 4 is 15.9 Å². The summed E-state index contributed by atoms with van der Waals surface area (Å²) in [5.41, 5.74) is 3.05. The van der Waals surface area contributed by atoms with Crippen molar-refractivity contribution in [3.8, 4) is 0 Å². The lowest BCUT2D eigenvalue weighted by molar-refractivity contribution is 0.176. The Hall–Kier alpha value is -1.13. The molecule has 0 spiro atoms. The minimum absolute atomic E-state index is 0.495. The van der Waals surface area contributed by atoms with E-state index >= 15 is 0 Å². The van der Waals surface area contributed by atoms with Crippen molar-refractivity contribution in [2.24, 2.45) is 0 Å². The van der Waals surface area contributed by atoms with Crippen LogP contribution in [0, 0.1) is 6.92 Å². The molecule has 1 aromatic carbocycles. The topological polar surface area (TPSA) is 38.0 Å². The van der Waals surface area contributed by atoms with E-state index in [4.69, 9.17) is 0 Å². The lowest BCUT2D eigenvalue weighted by Crippen LogP contribution is -2.08. The van der Waals surface area contributed by atoms with Crippen molar-refractivity contribution in [2.75, 3.05) is 0 Å². The highest BCUT2D eigenvalue weighted by Gasteiger charge is 2.19. The summed E-state index contributed by atoms with van der Waals surface area (Å²) in [5.74, 6) is 0. The average molecular weight is 349 g/mol. The van der Waals surface area contributed by atoms with Gasteiger partial charge < -0.3 is 5.11 Å². The van der Waals surface area contributed by atoms with E-state index in [0.29, 0.717) is 12.5 Å². The van der Waals surface area contributed by atoms with E-state index in [1.807, 2.05) is 31.2 Å². The zero-order valence-corrected chi connectivity index (χ0v) is 13.9. The first-order valence-corrected chi connectivity index (χ1v) is 8.41. The van der Waals surface area contributed by atoms with Crippen molar-refractivity contribution in [2.45, 2.75) is 51.2 Å². The van der Waals surface area contributed by atoms with Gasteiger partial charge in [-0.2, -0.15) is 5.10 Å². The summed E-state index contributed by atoms with van der Waals surface area (Å²) in [6, 6.07) is 8.59. The number of aromatic nitrogens is 2. The molecule has 1 aliphatic rings. The third-order valence-corrected chi connectivity index (χ3v) is 4.85. The highest BCUT2D eigenvalue weighted by atomic mass is 79.9. The van der Waals surface area contributed by atoms with Crippen LogP contribution >= 0.6 is 15.9 Å². The van der Waals surface area contributed by atoms with E-state index in [1.54, 1.807) is 0 Å². The maximum atomic E-state index is 10.5. The van der Waals surface area contributed by atoms with Gasteiger partial charge in [-0.3, -0.25) is 4.68 Å². The minimum Gasteiger partial charge on any atom is -0.388 e. The van der Waals surface area contributed by atoms with Gasteiger partial charge >= 0.3 is 0 Å². The molecule has 112 valence electrons. The Balaban J connectivity index is 1.70. The summed E-state index contributed by atoms with van der Waals surface area (Å²) in [6.45, 7) is 2.03. The van der Waals surface area contributed by atoms with E-state index in [1.165, 1.54) is 25.7 Å². The van der Waals surface area contributed by atoms with Crippen LogP contribution in [0.1, 0.15) is 54.6 Å². The molecule has 3 nitrogen and oxygen atoms in total. The van der Waals surface area contributed by atoms with Crippen molar-refractivity contribution in [3.63, 3.8) is 0 Å². The molecule has 0 amide bonds. The molecular weight excluding hydrogens is 328 g/mol. The summed E-state index contributed by atoms with van der Waals surface area (Å²) in [7, 11) is 0. The number of nitrogens with zero attached hydrogens (tertiary/aromatic N) is 2. The van der Waals surface area contributed by atoms with Crippen LogP contribution in [0.4, 0.5) is 0 Å². The van der Waals surface area contributed by atoms with Gasteiger partial charge in [0.25, 0.3) is 0 Å². The lowest BCUT2D eigenvalue weighted by Gasteiger charge is -2.13. The first kappa shape index (κ1) is 14.8. The van der Waals surface area contributed by atoms with Crippen molar-refractivity contribution in [3.05, 3.63) is 51.8 Å². The second-order valence-corrected chi connectivity index (χ2v) is 6.86. The van der Waals surface area contributed by atoms with E-state index in [0.717, 1.165) is 21.3 Å². The molecule has 1 heterocycles. The molecule has 1 aromatic heterocycles. The number of aliphatic hydroxyl groups is 1. The van der Waals surface area contributed by atoms with Crippen molar-refractivity contribution in [1.82, 2.24) is 9.78 Å². The standard InChI is InChI=1S/C17H21BrN2O/c1-12-10-13(18)6-7-16(12)17(21)11-14-8-9-20(19-14)15-4-2-3-5-15/h6-10,15,17,21H,2-5,11H2,1H3. The van der Waals surface area contributed by atoms with Crippen LogP contribution in [0.25, 0.3) is 0 Å². The molecule has 0 saturated heterocycles. The molecule has 1 fully saturated rings. The fourth-order valence-electron chi connectivity index (χ4n) is 3.18. The number of aryl methyl sites for hydroxylation is 1. The van der Waals surface area contributed by atoms with Gasteiger partial charge in [0.2, 0.25) is 0 Å². The summed E-state index contributed by atoms with van der Waals surface area (Å²) >= 11 is 3.46. The van der Waals surface area contributed by atoms with Crippen LogP contribution in [0.15, 0.2) is 34.9 Å². The average Bonchev–Trinajstić information content (AvgIpc) is 3.08. The fraction of sp³-hybridized carbons (Fsp3) is 0.471. The molecular formula is C17H21BrN2O. The second-order valence-electron chi connectivity index (χ2n) is 5.95. The smallest absolute Gasteiger partial charge is 0.0848 e. The number of benzene rings is 1. The van der Waals surface area contributed by atoms with E-state index in [-0.39, 0.29) is 0 Å². The van der Waals surface area contributed by atoms with Crippen LogP contribution in [-0.2, 0) is 6.42 Å². The maximum Gasteiger partial charge on any atom is 0.0848 e. The first-order chi connectivity index (χ1) is 10.1. The molecule has 21 heavy (non-hydrogen) atoms. The van der Waals surface area contributed by atoms with E-state index in [2.05, 4.69) is 31.9 Å². The molecule has 1 saturated carbocycles. The van der Waals surface area contributed by atoms with Gasteiger partial charge in [-0.25, -0.2) is 0 Å². The number of halogens is 1. The lowest BCUT2D eigenvalue weighted by atomic mass is 10.0. The van der Waals surface area contributed by atoms with Gasteiger partial charge in [-0.05, 0) is 49.1 Å². The second kappa shape index (κ2) is 6.32. The van der Waals surface area contributed by atoms with Gasteiger partial charge in [0, 0.05) is 17.1 Å². The van der Waals surface area contributed by atoms with Crippen LogP contribution in [0.3, 0.4) is 0 Å². The van der Waals surface area contributed by atoms with Crippen LogP contribution in [0.2, 0.25) is 0 Å². The number of aliphatic hydroxyl groups excluding tert-OH is 1. The first-order valence-electron chi connectivity index (χ1n) is 7.61. The third kappa shape index (κ3) is 3.38. The Morgan fingerprint density at radius 2 is 2.10 bits per heavy atom. The minimum atomic E-state index is -0.495. The van der Waals surface area contributed by atoms with Crippen molar-refractivity contribution in [1.29, 1.82) is 0 Å². The number of hydrogen-bond acceptors (Lipinski definition) is 2. The molecule has 1 atom stereocenters. The Kier molecular flexibility index (Phi) is 4.45. The molecule has 1 unspecified atom stereocenters. The normalized spacial score (nSPS) is 17.3. The monoisotopic (exact) mass is 348 g/mol. The Bertz CT molecular complexity index is 617. The third-order valence-electron chi connectivity index (χ3n) is 4.36. The van der Waals surface area contributed by atoms with Crippen molar-refractivity contribution < 1.29 is 5.11 Å². The highest BCUT2D eigenvalue weighted by molar-refractivity contribution is 9.10. The van der Waals surface area contributed by atoms with Gasteiger partial charge in [0.1, 0.15) is 0 Å². The molecule has 1 aliphatic carbocycles. The summed E-state index contributed by atoms with van der Waals surface area (Å²) in [5, 5.41) is 15.1. The predicted molar refractivity (Wildman–Crippen MR) is 87.3 cm³/mol. The van der Waals surface area contributed by atoms with Crippen LogP contribution < -0.4 is 0 Å². The summed E-state index contributed by atoms with van der Waals surface area (Å²) in [4.78, 5) is 0. The maximum absolute atomic E-state index is 10.5. The summed E-state index contributed by atoms with van der Waals surface area (Å²) < 4.78 is 3.13. The molecule has 0 aliphatic heterocycles. The van der Waals surface area contributed by atoms with Crippen LogP contribution in [0.5, 0.6) is 0 Å². The van der Waals surface area contributed by atoms with Gasteiger partial charge in [0.15, 0.2) is 0 Å². The molecule has 2 aromatic rings. The predicted octanol–water partition coefficient (Wildman–Crippen LogP) is 4.35. The van der Waals surface area contributed by atoms with Gasteiger partial charge in [0.05, 0.1) is 17.8 Å². The van der Waals surface area contributed by atoms with E-state index in [9.17, 15) is 5.11 Å².